The van der Waals surface area contributed by atoms with Crippen LogP contribution in [0.15, 0.2) is 12.1 Å². The van der Waals surface area contributed by atoms with Gasteiger partial charge in [0.25, 0.3) is 0 Å². The summed E-state index contributed by atoms with van der Waals surface area (Å²) in [6.45, 7) is 5.05. The monoisotopic (exact) mass is 389 g/mol. The molecule has 0 radical (unpaired) electrons. The van der Waals surface area contributed by atoms with Crippen LogP contribution in [0.1, 0.15) is 30.4 Å². The Morgan fingerprint density at radius 1 is 1.29 bits per heavy atom. The minimum atomic E-state index is -0.134. The number of carbonyl (C=O) groups excluding carboxylic acids is 1. The number of nitrogens with one attached hydrogen (secondary N) is 2. The van der Waals surface area contributed by atoms with Gasteiger partial charge in [-0.1, -0.05) is 0 Å². The van der Waals surface area contributed by atoms with Crippen molar-refractivity contribution in [3.05, 3.63) is 23.3 Å². The van der Waals surface area contributed by atoms with Crippen molar-refractivity contribution in [3.8, 4) is 11.5 Å². The van der Waals surface area contributed by atoms with Crippen molar-refractivity contribution in [2.75, 3.05) is 46.6 Å². The number of methoxy groups -OCH3 is 1. The summed E-state index contributed by atoms with van der Waals surface area (Å²) in [7, 11) is 1.70. The second kappa shape index (κ2) is 9.11. The molecular weight excluding hydrogens is 358 g/mol. The fourth-order valence-electron chi connectivity index (χ4n) is 3.92. The average molecular weight is 389 g/mol. The van der Waals surface area contributed by atoms with Gasteiger partial charge < -0.3 is 29.7 Å². The number of rotatable bonds is 9. The van der Waals surface area contributed by atoms with Gasteiger partial charge in [-0.15, -0.1) is 0 Å². The summed E-state index contributed by atoms with van der Waals surface area (Å²) >= 11 is 0. The quantitative estimate of drug-likeness (QED) is 0.616. The standard InChI is InChI=1S/C21H31N3O4/c1-26-8-2-9-27-19-11-15(12-20-17(19)5-10-28-20)14-24(16-3-4-16)21(25)18-13-22-6-7-23-18/h11-12,16,18,22-23H,2-10,13-14H2,1H3/t18-/m1/s1. The van der Waals surface area contributed by atoms with Gasteiger partial charge in [-0.25, -0.2) is 0 Å². The van der Waals surface area contributed by atoms with Crippen LogP contribution in [-0.4, -0.2) is 69.5 Å². The van der Waals surface area contributed by atoms with E-state index < -0.39 is 0 Å². The van der Waals surface area contributed by atoms with Crippen LogP contribution >= 0.6 is 0 Å². The Morgan fingerprint density at radius 2 is 2.18 bits per heavy atom. The highest BCUT2D eigenvalue weighted by atomic mass is 16.5. The van der Waals surface area contributed by atoms with Gasteiger partial charge in [0.05, 0.1) is 19.3 Å². The second-order valence-electron chi connectivity index (χ2n) is 7.77. The van der Waals surface area contributed by atoms with Gasteiger partial charge in [0, 0.05) is 64.3 Å². The van der Waals surface area contributed by atoms with E-state index in [0.29, 0.717) is 39.0 Å². The molecule has 1 aliphatic carbocycles. The Labute approximate surface area is 166 Å². The number of hydrogen-bond donors (Lipinski definition) is 2. The topological polar surface area (TPSA) is 72.1 Å². The molecule has 0 bridgehead atoms. The number of nitrogens with zero attached hydrogens (tertiary/aromatic N) is 1. The molecule has 7 nitrogen and oxygen atoms in total. The van der Waals surface area contributed by atoms with Crippen LogP contribution in [0.2, 0.25) is 0 Å². The highest BCUT2D eigenvalue weighted by molar-refractivity contribution is 5.83. The first-order valence-electron chi connectivity index (χ1n) is 10.4. The lowest BCUT2D eigenvalue weighted by Crippen LogP contribution is -2.56. The summed E-state index contributed by atoms with van der Waals surface area (Å²) in [5.41, 5.74) is 2.22. The first-order chi connectivity index (χ1) is 13.8. The summed E-state index contributed by atoms with van der Waals surface area (Å²) in [6.07, 6.45) is 3.91. The Bertz CT molecular complexity index is 686. The van der Waals surface area contributed by atoms with E-state index in [4.69, 9.17) is 14.2 Å². The van der Waals surface area contributed by atoms with Gasteiger partial charge in [0.2, 0.25) is 5.91 Å². The van der Waals surface area contributed by atoms with Crippen LogP contribution < -0.4 is 20.1 Å². The molecule has 7 heteroatoms. The number of benzene rings is 1. The molecule has 4 rings (SSSR count). The van der Waals surface area contributed by atoms with E-state index in [1.54, 1.807) is 7.11 Å². The van der Waals surface area contributed by atoms with E-state index in [0.717, 1.165) is 61.4 Å². The maximum Gasteiger partial charge on any atom is 0.241 e. The SMILES string of the molecule is COCCCOc1cc(CN(C(=O)[C@H]2CNCCN2)C2CC2)cc2c1CCO2. The molecule has 0 aromatic heterocycles. The molecule has 3 aliphatic rings. The van der Waals surface area contributed by atoms with Crippen molar-refractivity contribution < 1.29 is 19.0 Å². The van der Waals surface area contributed by atoms with Crippen LogP contribution in [0.5, 0.6) is 11.5 Å². The first-order valence-corrected chi connectivity index (χ1v) is 10.4. The van der Waals surface area contributed by atoms with Gasteiger partial charge in [0.1, 0.15) is 11.5 Å². The zero-order chi connectivity index (χ0) is 19.3. The molecule has 1 aromatic rings. The summed E-state index contributed by atoms with van der Waals surface area (Å²) in [5, 5.41) is 6.66. The van der Waals surface area contributed by atoms with E-state index in [1.165, 1.54) is 0 Å². The van der Waals surface area contributed by atoms with Crippen LogP contribution in [0.4, 0.5) is 0 Å². The number of carbonyl (C=O) groups is 1. The molecule has 2 fully saturated rings. The molecule has 1 aromatic carbocycles. The van der Waals surface area contributed by atoms with Gasteiger partial charge in [0.15, 0.2) is 0 Å². The molecule has 0 unspecified atom stereocenters. The molecule has 1 saturated heterocycles. The number of piperazine rings is 1. The Morgan fingerprint density at radius 3 is 2.93 bits per heavy atom. The van der Waals surface area contributed by atoms with Gasteiger partial charge in [-0.2, -0.15) is 0 Å². The van der Waals surface area contributed by atoms with Gasteiger partial charge in [-0.05, 0) is 30.5 Å². The minimum Gasteiger partial charge on any atom is -0.493 e. The van der Waals surface area contributed by atoms with E-state index in [9.17, 15) is 4.79 Å². The molecule has 1 amide bonds. The summed E-state index contributed by atoms with van der Waals surface area (Å²) in [6, 6.07) is 4.40. The zero-order valence-corrected chi connectivity index (χ0v) is 16.7. The van der Waals surface area contributed by atoms with Crippen LogP contribution in [0.3, 0.4) is 0 Å². The molecule has 154 valence electrons. The number of hydrogen-bond acceptors (Lipinski definition) is 6. The fraction of sp³-hybridized carbons (Fsp3) is 0.667. The third-order valence-corrected chi connectivity index (χ3v) is 5.55. The fourth-order valence-corrected chi connectivity index (χ4v) is 3.92. The third-order valence-electron chi connectivity index (χ3n) is 5.55. The van der Waals surface area contributed by atoms with Crippen LogP contribution in [0.25, 0.3) is 0 Å². The van der Waals surface area contributed by atoms with Crippen molar-refractivity contribution in [1.82, 2.24) is 15.5 Å². The third kappa shape index (κ3) is 4.59. The van der Waals surface area contributed by atoms with Crippen molar-refractivity contribution >= 4 is 5.91 Å². The van der Waals surface area contributed by atoms with E-state index in [-0.39, 0.29) is 11.9 Å². The second-order valence-corrected chi connectivity index (χ2v) is 7.77. The molecule has 2 aliphatic heterocycles. The molecular formula is C21H31N3O4. The molecule has 28 heavy (non-hydrogen) atoms. The van der Waals surface area contributed by atoms with Crippen LogP contribution in [-0.2, 0) is 22.5 Å². The maximum atomic E-state index is 13.1. The molecule has 1 saturated carbocycles. The Hall–Kier alpha value is -1.83. The summed E-state index contributed by atoms with van der Waals surface area (Å²) in [4.78, 5) is 15.1. The summed E-state index contributed by atoms with van der Waals surface area (Å²) in [5.74, 6) is 1.99. The van der Waals surface area contributed by atoms with Crippen molar-refractivity contribution in [2.24, 2.45) is 0 Å². The van der Waals surface area contributed by atoms with Crippen LogP contribution in [0, 0.1) is 0 Å². The molecule has 2 N–H and O–H groups in total. The Balaban J connectivity index is 1.48. The van der Waals surface area contributed by atoms with E-state index >= 15 is 0 Å². The van der Waals surface area contributed by atoms with Crippen molar-refractivity contribution in [3.63, 3.8) is 0 Å². The smallest absolute Gasteiger partial charge is 0.241 e. The normalized spacial score (nSPS) is 21.1. The lowest BCUT2D eigenvalue weighted by atomic mass is 10.1. The number of amides is 1. The van der Waals surface area contributed by atoms with E-state index in [1.807, 2.05) is 4.90 Å². The number of fused-ring (bicyclic) bond motifs is 1. The van der Waals surface area contributed by atoms with Gasteiger partial charge in [-0.3, -0.25) is 4.79 Å². The van der Waals surface area contributed by atoms with E-state index in [2.05, 4.69) is 22.8 Å². The van der Waals surface area contributed by atoms with Gasteiger partial charge >= 0.3 is 0 Å². The molecule has 0 spiro atoms. The average Bonchev–Trinajstić information content (AvgIpc) is 3.46. The maximum absolute atomic E-state index is 13.1. The lowest BCUT2D eigenvalue weighted by Gasteiger charge is -2.31. The molecule has 1 atom stereocenters. The highest BCUT2D eigenvalue weighted by Gasteiger charge is 2.36. The Kier molecular flexibility index (Phi) is 6.34. The molecule has 2 heterocycles. The predicted octanol–water partition coefficient (Wildman–Crippen LogP) is 1.09. The minimum absolute atomic E-state index is 0.134. The van der Waals surface area contributed by atoms with Crippen molar-refractivity contribution in [1.29, 1.82) is 0 Å². The highest BCUT2D eigenvalue weighted by Crippen LogP contribution is 2.37. The summed E-state index contributed by atoms with van der Waals surface area (Å²) < 4.78 is 17.0. The van der Waals surface area contributed by atoms with Crippen molar-refractivity contribution in [2.45, 2.75) is 44.3 Å². The first kappa shape index (κ1) is 19.5. The lowest BCUT2D eigenvalue weighted by molar-refractivity contribution is -0.134. The number of ether oxygens (including phenoxy) is 3. The largest absolute Gasteiger partial charge is 0.493 e. The zero-order valence-electron chi connectivity index (χ0n) is 16.7. The predicted molar refractivity (Wildman–Crippen MR) is 106 cm³/mol.